The Labute approximate surface area is 291 Å². The van der Waals surface area contributed by atoms with Gasteiger partial charge in [-0.15, -0.1) is 0 Å². The zero-order valence-corrected chi connectivity index (χ0v) is 27.5. The van der Waals surface area contributed by atoms with Gasteiger partial charge in [0, 0.05) is 0 Å². The van der Waals surface area contributed by atoms with Crippen LogP contribution in [0.2, 0.25) is 0 Å². The maximum atomic E-state index is 2.46. The zero-order chi connectivity index (χ0) is 33.0. The minimum absolute atomic E-state index is 1.22. The quantitative estimate of drug-likeness (QED) is 0.134. The van der Waals surface area contributed by atoms with Gasteiger partial charge in [0.1, 0.15) is 0 Å². The molecule has 10 rings (SSSR count). The Morgan fingerprint density at radius 2 is 0.740 bits per heavy atom. The highest BCUT2D eigenvalue weighted by Gasteiger charge is 2.20. The summed E-state index contributed by atoms with van der Waals surface area (Å²) in [4.78, 5) is 0. The second-order valence-corrected chi connectivity index (χ2v) is 13.2. The molecule has 10 aromatic carbocycles. The van der Waals surface area contributed by atoms with Gasteiger partial charge in [-0.05, 0) is 111 Å². The predicted molar refractivity (Wildman–Crippen MR) is 216 cm³/mol. The van der Waals surface area contributed by atoms with Gasteiger partial charge in [0.05, 0.1) is 0 Å². The molecule has 0 aliphatic rings. The molecule has 0 heteroatoms. The number of hydrogen-bond donors (Lipinski definition) is 0. The van der Waals surface area contributed by atoms with E-state index in [9.17, 15) is 0 Å². The van der Waals surface area contributed by atoms with E-state index >= 15 is 0 Å². The average molecular weight is 633 g/mol. The largest absolute Gasteiger partial charge is 0.0622 e. The van der Waals surface area contributed by atoms with Crippen LogP contribution in [0.5, 0.6) is 0 Å². The molecule has 10 aromatic rings. The van der Waals surface area contributed by atoms with E-state index < -0.39 is 0 Å². The highest BCUT2D eigenvalue weighted by Crippen LogP contribution is 2.48. The van der Waals surface area contributed by atoms with Gasteiger partial charge in [-0.25, -0.2) is 0 Å². The maximum absolute atomic E-state index is 2.46. The third-order valence-electron chi connectivity index (χ3n) is 10.4. The minimum atomic E-state index is 1.22. The zero-order valence-electron chi connectivity index (χ0n) is 27.5. The molecule has 232 valence electrons. The van der Waals surface area contributed by atoms with Crippen molar-refractivity contribution in [3.05, 3.63) is 194 Å². The Bertz CT molecular complexity index is 2910. The lowest BCUT2D eigenvalue weighted by atomic mass is 9.82. The lowest BCUT2D eigenvalue weighted by Gasteiger charge is -2.21. The van der Waals surface area contributed by atoms with Gasteiger partial charge >= 0.3 is 0 Å². The van der Waals surface area contributed by atoms with E-state index in [0.29, 0.717) is 0 Å². The van der Waals surface area contributed by atoms with Gasteiger partial charge in [0.2, 0.25) is 0 Å². The van der Waals surface area contributed by atoms with Crippen LogP contribution in [0.25, 0.3) is 98.4 Å². The summed E-state index contributed by atoms with van der Waals surface area (Å²) in [6.45, 7) is 0. The predicted octanol–water partition coefficient (Wildman–Crippen LogP) is 14.1. The van der Waals surface area contributed by atoms with Crippen molar-refractivity contribution >= 4 is 53.9 Å². The summed E-state index contributed by atoms with van der Waals surface area (Å²) in [6.07, 6.45) is 0. The molecule has 0 atom stereocenters. The van der Waals surface area contributed by atoms with Crippen molar-refractivity contribution in [2.45, 2.75) is 0 Å². The summed E-state index contributed by atoms with van der Waals surface area (Å²) < 4.78 is 0. The molecule has 0 aromatic heterocycles. The lowest BCUT2D eigenvalue weighted by Crippen LogP contribution is -1.94. The van der Waals surface area contributed by atoms with Gasteiger partial charge in [-0.3, -0.25) is 0 Å². The Hall–Kier alpha value is -6.50. The molecule has 0 radical (unpaired) electrons. The fraction of sp³-hybridized carbons (Fsp3) is 0. The van der Waals surface area contributed by atoms with Crippen LogP contribution in [-0.4, -0.2) is 0 Å². The van der Waals surface area contributed by atoms with Crippen molar-refractivity contribution in [3.63, 3.8) is 0 Å². The molecule has 0 heterocycles. The molecule has 0 nitrogen and oxygen atoms in total. The van der Waals surface area contributed by atoms with Crippen LogP contribution < -0.4 is 0 Å². The fourth-order valence-corrected chi connectivity index (χ4v) is 8.24. The molecule has 0 aliphatic heterocycles. The molecule has 0 bridgehead atoms. The molecular formula is C50H32. The number of benzene rings is 10. The monoisotopic (exact) mass is 632 g/mol. The molecule has 0 fully saturated rings. The standard InChI is InChI=1S/C50H32/c1-2-16-34(17-3-1)49-44-26-12-13-27-45(44)50(43-25-11-10-23-41(43)40-28-14-19-33-15-4-6-20-37(33)40)48-32-36(29-30-46(48)49)47-31-35-18-5-7-21-38(35)39-22-8-9-24-42(39)47/h1-32H. The summed E-state index contributed by atoms with van der Waals surface area (Å²) >= 11 is 0. The maximum Gasteiger partial charge on any atom is -0.00199 e. The van der Waals surface area contributed by atoms with E-state index in [0.717, 1.165) is 0 Å². The second kappa shape index (κ2) is 11.6. The third kappa shape index (κ3) is 4.46. The van der Waals surface area contributed by atoms with E-state index in [2.05, 4.69) is 194 Å². The highest BCUT2D eigenvalue weighted by molar-refractivity contribution is 6.24. The summed E-state index contributed by atoms with van der Waals surface area (Å²) in [6, 6.07) is 71.4. The van der Waals surface area contributed by atoms with E-state index in [-0.39, 0.29) is 0 Å². The summed E-state index contributed by atoms with van der Waals surface area (Å²) in [7, 11) is 0. The van der Waals surface area contributed by atoms with Gasteiger partial charge in [-0.2, -0.15) is 0 Å². The number of rotatable bonds is 4. The summed E-state index contributed by atoms with van der Waals surface area (Å²) in [5.74, 6) is 0. The van der Waals surface area contributed by atoms with Crippen molar-refractivity contribution in [1.29, 1.82) is 0 Å². The van der Waals surface area contributed by atoms with Crippen LogP contribution >= 0.6 is 0 Å². The van der Waals surface area contributed by atoms with Gasteiger partial charge in [0.25, 0.3) is 0 Å². The average Bonchev–Trinajstić information content (AvgIpc) is 3.19. The lowest BCUT2D eigenvalue weighted by molar-refractivity contribution is 1.62. The molecule has 0 saturated heterocycles. The van der Waals surface area contributed by atoms with E-state index in [1.165, 1.54) is 98.4 Å². The van der Waals surface area contributed by atoms with E-state index in [1.54, 1.807) is 0 Å². The number of hydrogen-bond acceptors (Lipinski definition) is 0. The highest BCUT2D eigenvalue weighted by atomic mass is 14.2. The summed E-state index contributed by atoms with van der Waals surface area (Å²) in [5, 5.41) is 12.6. The molecule has 0 amide bonds. The first-order valence-electron chi connectivity index (χ1n) is 17.4. The molecule has 50 heavy (non-hydrogen) atoms. The smallest absolute Gasteiger partial charge is 0.00199 e. The Morgan fingerprint density at radius 3 is 1.54 bits per heavy atom. The van der Waals surface area contributed by atoms with Crippen molar-refractivity contribution in [2.75, 3.05) is 0 Å². The number of fused-ring (bicyclic) bond motifs is 6. The second-order valence-electron chi connectivity index (χ2n) is 13.2. The molecular weight excluding hydrogens is 601 g/mol. The van der Waals surface area contributed by atoms with Crippen LogP contribution in [0.4, 0.5) is 0 Å². The molecule has 0 N–H and O–H groups in total. The third-order valence-corrected chi connectivity index (χ3v) is 10.4. The van der Waals surface area contributed by atoms with Crippen molar-refractivity contribution in [3.8, 4) is 44.5 Å². The van der Waals surface area contributed by atoms with Crippen molar-refractivity contribution in [1.82, 2.24) is 0 Å². The Morgan fingerprint density at radius 1 is 0.200 bits per heavy atom. The Kier molecular flexibility index (Phi) is 6.60. The first-order valence-corrected chi connectivity index (χ1v) is 17.4. The first-order chi connectivity index (χ1) is 24.8. The van der Waals surface area contributed by atoms with E-state index in [1.807, 2.05) is 0 Å². The van der Waals surface area contributed by atoms with Crippen LogP contribution in [0.1, 0.15) is 0 Å². The Balaban J connectivity index is 1.36. The van der Waals surface area contributed by atoms with Gasteiger partial charge in [0.15, 0.2) is 0 Å². The van der Waals surface area contributed by atoms with Gasteiger partial charge in [-0.1, -0.05) is 182 Å². The van der Waals surface area contributed by atoms with Gasteiger partial charge < -0.3 is 0 Å². The fourth-order valence-electron chi connectivity index (χ4n) is 8.24. The minimum Gasteiger partial charge on any atom is -0.0622 e. The molecule has 0 unspecified atom stereocenters. The molecule has 0 aliphatic carbocycles. The SMILES string of the molecule is c1ccc(-c2c3ccccc3c(-c3ccccc3-c3cccc4ccccc34)c3cc(-c4cc5ccccc5c5ccccc45)ccc23)cc1. The van der Waals surface area contributed by atoms with E-state index in [4.69, 9.17) is 0 Å². The normalized spacial score (nSPS) is 11.6. The van der Waals surface area contributed by atoms with Crippen molar-refractivity contribution < 1.29 is 0 Å². The van der Waals surface area contributed by atoms with Crippen LogP contribution in [0, 0.1) is 0 Å². The molecule has 0 spiro atoms. The van der Waals surface area contributed by atoms with Crippen molar-refractivity contribution in [2.24, 2.45) is 0 Å². The topological polar surface area (TPSA) is 0 Å². The summed E-state index contributed by atoms with van der Waals surface area (Å²) in [5.41, 5.74) is 9.98. The van der Waals surface area contributed by atoms with Crippen LogP contribution in [0.3, 0.4) is 0 Å². The molecule has 0 saturated carbocycles. The van der Waals surface area contributed by atoms with Crippen LogP contribution in [0.15, 0.2) is 194 Å². The first kappa shape index (κ1) is 28.5. The van der Waals surface area contributed by atoms with Crippen LogP contribution in [-0.2, 0) is 0 Å².